The smallest absolute Gasteiger partial charge is 0.416 e. The van der Waals surface area contributed by atoms with Crippen molar-refractivity contribution in [3.63, 3.8) is 0 Å². The average Bonchev–Trinajstić information content (AvgIpc) is 2.98. The van der Waals surface area contributed by atoms with E-state index in [-0.39, 0.29) is 18.7 Å². The van der Waals surface area contributed by atoms with E-state index in [4.69, 9.17) is 14.6 Å². The second-order valence-corrected chi connectivity index (χ2v) is 9.15. The first-order valence-electron chi connectivity index (χ1n) is 13.1. The fourth-order valence-electron chi connectivity index (χ4n) is 4.51. The second kappa shape index (κ2) is 13.6. The molecule has 0 aliphatic rings. The third-order valence-electron chi connectivity index (χ3n) is 6.39. The Hall–Kier alpha value is -4.72. The summed E-state index contributed by atoms with van der Waals surface area (Å²) in [5, 5.41) is 10.9. The molecule has 0 saturated heterocycles. The van der Waals surface area contributed by atoms with Crippen LogP contribution in [0.2, 0.25) is 0 Å². The van der Waals surface area contributed by atoms with Gasteiger partial charge in [0.15, 0.2) is 0 Å². The molecule has 4 rings (SSSR count). The number of alkyl halides is 3. The molecule has 0 saturated carbocycles. The molecule has 2 N–H and O–H groups in total. The van der Waals surface area contributed by atoms with Crippen molar-refractivity contribution >= 4 is 17.2 Å². The Balaban J connectivity index is 1.71. The molecular weight excluding hydrogens is 531 g/mol. The first-order chi connectivity index (χ1) is 19.8. The summed E-state index contributed by atoms with van der Waals surface area (Å²) in [5.41, 5.74) is 3.13. The highest BCUT2D eigenvalue weighted by molar-refractivity contribution is 5.99. The predicted octanol–water partition coefficient (Wildman–Crippen LogP) is 8.30. The van der Waals surface area contributed by atoms with Crippen LogP contribution in [0, 0.1) is 0 Å². The van der Waals surface area contributed by atoms with Crippen molar-refractivity contribution in [2.45, 2.75) is 26.1 Å². The largest absolute Gasteiger partial charge is 0.492 e. The maximum atomic E-state index is 14.0. The number of halogens is 3. The van der Waals surface area contributed by atoms with Gasteiger partial charge in [0.05, 0.1) is 12.1 Å². The SMILES string of the molecule is CCC(=C(c1ccc(OCCNC(=O)O)cc1)c1ccc(OCc2ccccc2)cc1)c1ccccc1C(F)(F)F. The number of rotatable bonds is 11. The highest BCUT2D eigenvalue weighted by Crippen LogP contribution is 2.41. The molecule has 0 aliphatic carbocycles. The molecule has 0 unspecified atom stereocenters. The lowest BCUT2D eigenvalue weighted by Crippen LogP contribution is -2.26. The number of hydrogen-bond donors (Lipinski definition) is 2. The van der Waals surface area contributed by atoms with Crippen LogP contribution in [0.15, 0.2) is 103 Å². The van der Waals surface area contributed by atoms with Crippen LogP contribution in [-0.2, 0) is 12.8 Å². The summed E-state index contributed by atoms with van der Waals surface area (Å²) in [6.45, 7) is 2.49. The van der Waals surface area contributed by atoms with Gasteiger partial charge in [0.2, 0.25) is 0 Å². The molecule has 0 atom stereocenters. The van der Waals surface area contributed by atoms with Crippen molar-refractivity contribution in [3.05, 3.63) is 131 Å². The van der Waals surface area contributed by atoms with Gasteiger partial charge in [0, 0.05) is 0 Å². The molecule has 4 aromatic rings. The maximum Gasteiger partial charge on any atom is 0.416 e. The third kappa shape index (κ3) is 7.91. The zero-order chi connectivity index (χ0) is 29.2. The first kappa shape index (κ1) is 29.3. The van der Waals surface area contributed by atoms with E-state index in [0.717, 1.165) is 17.2 Å². The zero-order valence-electron chi connectivity index (χ0n) is 22.4. The van der Waals surface area contributed by atoms with Crippen LogP contribution in [0.1, 0.15) is 41.2 Å². The van der Waals surface area contributed by atoms with Crippen LogP contribution < -0.4 is 14.8 Å². The van der Waals surface area contributed by atoms with Crippen molar-refractivity contribution < 1.29 is 32.5 Å². The molecule has 0 spiro atoms. The monoisotopic (exact) mass is 561 g/mol. The summed E-state index contributed by atoms with van der Waals surface area (Å²) < 4.78 is 53.7. The van der Waals surface area contributed by atoms with Crippen LogP contribution in [-0.4, -0.2) is 24.4 Å². The molecule has 41 heavy (non-hydrogen) atoms. The van der Waals surface area contributed by atoms with Gasteiger partial charge in [-0.25, -0.2) is 4.79 Å². The summed E-state index contributed by atoms with van der Waals surface area (Å²) in [5.74, 6) is 1.16. The van der Waals surface area contributed by atoms with Gasteiger partial charge < -0.3 is 19.9 Å². The van der Waals surface area contributed by atoms with Crippen LogP contribution in [0.4, 0.5) is 18.0 Å². The Morgan fingerprint density at radius 2 is 1.34 bits per heavy atom. The summed E-state index contributed by atoms with van der Waals surface area (Å²) in [6.07, 6.45) is -5.30. The summed E-state index contributed by atoms with van der Waals surface area (Å²) in [6, 6.07) is 29.7. The Labute approximate surface area is 236 Å². The van der Waals surface area contributed by atoms with Crippen LogP contribution in [0.5, 0.6) is 11.5 Å². The highest BCUT2D eigenvalue weighted by atomic mass is 19.4. The van der Waals surface area contributed by atoms with E-state index < -0.39 is 17.8 Å². The Kier molecular flexibility index (Phi) is 9.68. The topological polar surface area (TPSA) is 67.8 Å². The lowest BCUT2D eigenvalue weighted by atomic mass is 9.86. The van der Waals surface area contributed by atoms with Crippen molar-refractivity contribution in [2.75, 3.05) is 13.2 Å². The summed E-state index contributed by atoms with van der Waals surface area (Å²) in [7, 11) is 0. The minimum Gasteiger partial charge on any atom is -0.492 e. The number of carboxylic acid groups (broad SMARTS) is 1. The van der Waals surface area contributed by atoms with Gasteiger partial charge in [-0.3, -0.25) is 0 Å². The van der Waals surface area contributed by atoms with Gasteiger partial charge in [-0.05, 0) is 70.2 Å². The standard InChI is InChI=1S/C33H30F3NO4/c1-2-28(29-10-6-7-11-30(29)33(34,35)36)31(24-12-16-26(17-13-24)40-21-20-37-32(38)39)25-14-18-27(19-15-25)41-22-23-8-4-3-5-9-23/h3-19,37H,2,20-22H2,1H3,(H,38,39). The fourth-order valence-corrected chi connectivity index (χ4v) is 4.51. The first-order valence-corrected chi connectivity index (χ1v) is 13.1. The number of hydrogen-bond acceptors (Lipinski definition) is 3. The number of amides is 1. The normalized spacial score (nSPS) is 11.9. The van der Waals surface area contributed by atoms with Gasteiger partial charge in [0.25, 0.3) is 0 Å². The second-order valence-electron chi connectivity index (χ2n) is 9.15. The molecule has 5 nitrogen and oxygen atoms in total. The van der Waals surface area contributed by atoms with Gasteiger partial charge in [0.1, 0.15) is 24.7 Å². The number of ether oxygens (including phenoxy) is 2. The van der Waals surface area contributed by atoms with Crippen LogP contribution in [0.25, 0.3) is 11.1 Å². The molecule has 0 aromatic heterocycles. The van der Waals surface area contributed by atoms with Gasteiger partial charge in [-0.2, -0.15) is 13.2 Å². The highest BCUT2D eigenvalue weighted by Gasteiger charge is 2.34. The molecule has 4 aromatic carbocycles. The van der Waals surface area contributed by atoms with E-state index in [1.807, 2.05) is 61.5 Å². The quantitative estimate of drug-likeness (QED) is 0.143. The number of nitrogens with one attached hydrogen (secondary N) is 1. The molecule has 1 amide bonds. The lowest BCUT2D eigenvalue weighted by Gasteiger charge is -2.20. The van der Waals surface area contributed by atoms with E-state index in [0.29, 0.717) is 41.2 Å². The van der Waals surface area contributed by atoms with E-state index in [1.165, 1.54) is 12.1 Å². The van der Waals surface area contributed by atoms with E-state index >= 15 is 0 Å². The van der Waals surface area contributed by atoms with Crippen molar-refractivity contribution in [3.8, 4) is 11.5 Å². The molecule has 0 bridgehead atoms. The van der Waals surface area contributed by atoms with Gasteiger partial charge in [-0.15, -0.1) is 0 Å². The Bertz CT molecular complexity index is 1470. The molecule has 212 valence electrons. The van der Waals surface area contributed by atoms with Gasteiger partial charge in [-0.1, -0.05) is 79.7 Å². The molecule has 0 aliphatic heterocycles. The van der Waals surface area contributed by atoms with E-state index in [9.17, 15) is 18.0 Å². The summed E-state index contributed by atoms with van der Waals surface area (Å²) >= 11 is 0. The van der Waals surface area contributed by atoms with Crippen molar-refractivity contribution in [1.29, 1.82) is 0 Å². The molecule has 0 heterocycles. The fraction of sp³-hybridized carbons (Fsp3) is 0.182. The lowest BCUT2D eigenvalue weighted by molar-refractivity contribution is -0.137. The zero-order valence-corrected chi connectivity index (χ0v) is 22.4. The Morgan fingerprint density at radius 1 is 0.780 bits per heavy atom. The van der Waals surface area contributed by atoms with Crippen LogP contribution in [0.3, 0.4) is 0 Å². The number of allylic oxidation sites excluding steroid dienone is 1. The number of benzene rings is 4. The maximum absolute atomic E-state index is 14.0. The minimum absolute atomic E-state index is 0.120. The molecule has 8 heteroatoms. The van der Waals surface area contributed by atoms with E-state index in [1.54, 1.807) is 30.3 Å². The Morgan fingerprint density at radius 3 is 1.90 bits per heavy atom. The van der Waals surface area contributed by atoms with E-state index in [2.05, 4.69) is 5.32 Å². The predicted molar refractivity (Wildman–Crippen MR) is 153 cm³/mol. The average molecular weight is 562 g/mol. The third-order valence-corrected chi connectivity index (χ3v) is 6.39. The molecule has 0 radical (unpaired) electrons. The number of carbonyl (C=O) groups is 1. The van der Waals surface area contributed by atoms with Crippen molar-refractivity contribution in [2.24, 2.45) is 0 Å². The molecular formula is C33H30F3NO4. The van der Waals surface area contributed by atoms with Crippen LogP contribution >= 0.6 is 0 Å². The minimum atomic E-state index is -4.51. The summed E-state index contributed by atoms with van der Waals surface area (Å²) in [4.78, 5) is 10.6. The molecule has 0 fully saturated rings. The van der Waals surface area contributed by atoms with Gasteiger partial charge >= 0.3 is 12.3 Å². The van der Waals surface area contributed by atoms with Crippen molar-refractivity contribution in [1.82, 2.24) is 5.32 Å².